The van der Waals surface area contributed by atoms with Crippen molar-refractivity contribution in [1.82, 2.24) is 0 Å². The molecule has 0 unspecified atom stereocenters. The Hall–Kier alpha value is -0.790. The average Bonchev–Trinajstić information content (AvgIpc) is 2.19. The highest BCUT2D eigenvalue weighted by Gasteiger charge is 2.15. The van der Waals surface area contributed by atoms with E-state index in [1.54, 1.807) is 0 Å². The zero-order valence-electron chi connectivity index (χ0n) is 8.96. The van der Waals surface area contributed by atoms with E-state index in [9.17, 15) is 9.90 Å². The smallest absolute Gasteiger partial charge is 0.159 e. The number of carbonyl (C=O) groups excluding carboxylic acids is 1. The summed E-state index contributed by atoms with van der Waals surface area (Å²) >= 11 is 0. The second-order valence-corrected chi connectivity index (χ2v) is 4.16. The molecule has 0 radical (unpaired) electrons. The van der Waals surface area contributed by atoms with Crippen molar-refractivity contribution in [3.05, 3.63) is 11.8 Å². The van der Waals surface area contributed by atoms with E-state index >= 15 is 0 Å². The molecule has 0 spiro atoms. The maximum absolute atomic E-state index is 11.4. The van der Waals surface area contributed by atoms with Gasteiger partial charge in [-0.15, -0.1) is 0 Å². The van der Waals surface area contributed by atoms with E-state index in [0.29, 0.717) is 18.8 Å². The number of aliphatic hydroxyl groups excluding tert-OH is 1. The van der Waals surface area contributed by atoms with Crippen molar-refractivity contribution in [3.63, 3.8) is 0 Å². The zero-order chi connectivity index (χ0) is 10.4. The molecule has 0 aromatic rings. The van der Waals surface area contributed by atoms with Crippen LogP contribution in [-0.2, 0) is 4.79 Å². The molecule has 1 rings (SSSR count). The first-order valence-corrected chi connectivity index (χ1v) is 5.64. The van der Waals surface area contributed by atoms with Crippen molar-refractivity contribution in [1.29, 1.82) is 0 Å². The van der Waals surface area contributed by atoms with Crippen molar-refractivity contribution in [2.75, 3.05) is 0 Å². The maximum atomic E-state index is 11.4. The fraction of sp³-hybridized carbons (Fsp3) is 0.750. The van der Waals surface area contributed by atoms with Crippen molar-refractivity contribution < 1.29 is 9.90 Å². The second kappa shape index (κ2) is 5.84. The van der Waals surface area contributed by atoms with Gasteiger partial charge in [-0.3, -0.25) is 4.79 Å². The van der Waals surface area contributed by atoms with Gasteiger partial charge in [-0.1, -0.05) is 39.0 Å². The van der Waals surface area contributed by atoms with Gasteiger partial charge in [0, 0.05) is 18.9 Å². The van der Waals surface area contributed by atoms with Gasteiger partial charge in [0.1, 0.15) is 0 Å². The Labute approximate surface area is 86.0 Å². The number of rotatable bonds is 4. The van der Waals surface area contributed by atoms with Crippen LogP contribution in [0.2, 0.25) is 0 Å². The van der Waals surface area contributed by atoms with Gasteiger partial charge in [-0.25, -0.2) is 0 Å². The third-order valence-corrected chi connectivity index (χ3v) is 2.90. The van der Waals surface area contributed by atoms with Crippen molar-refractivity contribution in [3.8, 4) is 0 Å². The van der Waals surface area contributed by atoms with E-state index in [1.165, 1.54) is 38.2 Å². The molecule has 0 amide bonds. The predicted molar refractivity (Wildman–Crippen MR) is 57.2 cm³/mol. The molecule has 80 valence electrons. The highest BCUT2D eigenvalue weighted by molar-refractivity contribution is 5.90. The molecule has 14 heavy (non-hydrogen) atoms. The zero-order valence-corrected chi connectivity index (χ0v) is 8.96. The van der Waals surface area contributed by atoms with E-state index in [4.69, 9.17) is 0 Å². The molecular weight excluding hydrogens is 176 g/mol. The molecule has 0 aliphatic heterocycles. The fourth-order valence-corrected chi connectivity index (χ4v) is 2.02. The lowest BCUT2D eigenvalue weighted by molar-refractivity contribution is -0.115. The summed E-state index contributed by atoms with van der Waals surface area (Å²) < 4.78 is 0. The third-order valence-electron chi connectivity index (χ3n) is 2.90. The van der Waals surface area contributed by atoms with Crippen LogP contribution >= 0.6 is 0 Å². The van der Waals surface area contributed by atoms with Crippen LogP contribution in [0.15, 0.2) is 11.8 Å². The Balaban J connectivity index is 2.32. The maximum Gasteiger partial charge on any atom is 0.159 e. The molecule has 0 heterocycles. The van der Waals surface area contributed by atoms with Gasteiger partial charge in [-0.05, 0) is 5.92 Å². The van der Waals surface area contributed by atoms with Crippen LogP contribution in [0.1, 0.15) is 51.9 Å². The normalized spacial score (nSPS) is 19.6. The molecule has 0 atom stereocenters. The van der Waals surface area contributed by atoms with Crippen LogP contribution in [0.4, 0.5) is 0 Å². The largest absolute Gasteiger partial charge is 0.512 e. The van der Waals surface area contributed by atoms with Gasteiger partial charge in [-0.2, -0.15) is 0 Å². The summed E-state index contributed by atoms with van der Waals surface area (Å²) in [6.07, 6.45) is 8.80. The number of allylic oxidation sites excluding steroid dienone is 2. The van der Waals surface area contributed by atoms with Gasteiger partial charge in [0.25, 0.3) is 0 Å². The lowest BCUT2D eigenvalue weighted by Gasteiger charge is -2.19. The predicted octanol–water partition coefficient (Wildman–Crippen LogP) is 3.38. The lowest BCUT2D eigenvalue weighted by atomic mass is 9.86. The Bertz CT molecular complexity index is 212. The molecule has 2 heteroatoms. The molecular formula is C12H20O2. The monoisotopic (exact) mass is 196 g/mol. The summed E-state index contributed by atoms with van der Waals surface area (Å²) in [5.74, 6) is 0.874. The Kier molecular flexibility index (Phi) is 4.71. The number of hydrogen-bond donors (Lipinski definition) is 1. The van der Waals surface area contributed by atoms with Crippen molar-refractivity contribution in [2.24, 2.45) is 5.92 Å². The van der Waals surface area contributed by atoms with Crippen LogP contribution in [0.3, 0.4) is 0 Å². The van der Waals surface area contributed by atoms with Gasteiger partial charge in [0.05, 0.1) is 5.76 Å². The Morgan fingerprint density at radius 2 is 2.00 bits per heavy atom. The summed E-state index contributed by atoms with van der Waals surface area (Å²) in [5.41, 5.74) is 0. The minimum absolute atomic E-state index is 0.0938. The molecule has 1 N–H and O–H groups in total. The molecule has 0 aromatic heterocycles. The van der Waals surface area contributed by atoms with E-state index < -0.39 is 0 Å². The average molecular weight is 196 g/mol. The number of ketones is 1. The highest BCUT2D eigenvalue weighted by atomic mass is 16.3. The van der Waals surface area contributed by atoms with Crippen LogP contribution < -0.4 is 0 Å². The summed E-state index contributed by atoms with van der Waals surface area (Å²) in [5, 5.41) is 9.20. The number of carbonyl (C=O) groups is 1. The first-order valence-electron chi connectivity index (χ1n) is 5.64. The minimum atomic E-state index is 0.0938. The SMILES string of the molecule is CCC(O)=CC(=O)CC1CCCCC1. The number of aliphatic hydroxyl groups is 1. The second-order valence-electron chi connectivity index (χ2n) is 4.16. The van der Waals surface area contributed by atoms with Crippen LogP contribution in [0.5, 0.6) is 0 Å². The van der Waals surface area contributed by atoms with Gasteiger partial charge >= 0.3 is 0 Å². The van der Waals surface area contributed by atoms with Crippen molar-refractivity contribution in [2.45, 2.75) is 51.9 Å². The van der Waals surface area contributed by atoms with Crippen LogP contribution in [-0.4, -0.2) is 10.9 Å². The van der Waals surface area contributed by atoms with E-state index in [1.807, 2.05) is 6.92 Å². The van der Waals surface area contributed by atoms with Gasteiger partial charge in [0.2, 0.25) is 0 Å². The summed E-state index contributed by atoms with van der Waals surface area (Å²) in [6.45, 7) is 1.85. The standard InChI is InChI=1S/C12H20O2/c1-2-11(13)9-12(14)8-10-6-4-3-5-7-10/h9-10,13H,2-8H2,1H3. The summed E-state index contributed by atoms with van der Waals surface area (Å²) in [6, 6.07) is 0. The van der Waals surface area contributed by atoms with Crippen molar-refractivity contribution >= 4 is 5.78 Å². The quantitative estimate of drug-likeness (QED) is 0.553. The molecule has 1 saturated carbocycles. The molecule has 2 nitrogen and oxygen atoms in total. The van der Waals surface area contributed by atoms with Crippen LogP contribution in [0.25, 0.3) is 0 Å². The Morgan fingerprint density at radius 3 is 2.57 bits per heavy atom. The molecule has 0 bridgehead atoms. The lowest BCUT2D eigenvalue weighted by Crippen LogP contribution is -2.10. The number of hydrogen-bond acceptors (Lipinski definition) is 2. The van der Waals surface area contributed by atoms with Gasteiger partial charge < -0.3 is 5.11 Å². The van der Waals surface area contributed by atoms with E-state index in [2.05, 4.69) is 0 Å². The van der Waals surface area contributed by atoms with E-state index in [0.717, 1.165) is 0 Å². The summed E-state index contributed by atoms with van der Waals surface area (Å²) in [7, 11) is 0. The fourth-order valence-electron chi connectivity index (χ4n) is 2.02. The molecule has 0 aromatic carbocycles. The molecule has 1 fully saturated rings. The Morgan fingerprint density at radius 1 is 1.36 bits per heavy atom. The highest BCUT2D eigenvalue weighted by Crippen LogP contribution is 2.26. The van der Waals surface area contributed by atoms with E-state index in [-0.39, 0.29) is 11.5 Å². The summed E-state index contributed by atoms with van der Waals surface area (Å²) in [4.78, 5) is 11.4. The third kappa shape index (κ3) is 3.95. The molecule has 1 aliphatic rings. The first kappa shape index (κ1) is 11.3. The van der Waals surface area contributed by atoms with Crippen LogP contribution in [0, 0.1) is 5.92 Å². The minimum Gasteiger partial charge on any atom is -0.512 e. The molecule has 1 aliphatic carbocycles. The topological polar surface area (TPSA) is 37.3 Å². The van der Waals surface area contributed by atoms with Gasteiger partial charge in [0.15, 0.2) is 5.78 Å². The molecule has 0 saturated heterocycles. The first-order chi connectivity index (χ1) is 6.72.